The molecule has 2 rings (SSSR count). The Morgan fingerprint density at radius 3 is 1.87 bits per heavy atom. The molecular formula is C20H14F6N2O3. The van der Waals surface area contributed by atoms with E-state index in [1.54, 1.807) is 0 Å². The normalized spacial score (nSPS) is 12.7. The highest BCUT2D eigenvalue weighted by molar-refractivity contribution is 5.85. The number of carboxylic acids is 1. The Balaban J connectivity index is 2.20. The van der Waals surface area contributed by atoms with Crippen LogP contribution in [0.2, 0.25) is 0 Å². The second-order valence-corrected chi connectivity index (χ2v) is 6.56. The maximum atomic E-state index is 12.9. The van der Waals surface area contributed by atoms with Gasteiger partial charge in [-0.15, -0.1) is 0 Å². The van der Waals surface area contributed by atoms with Crippen molar-refractivity contribution < 1.29 is 41.0 Å². The minimum absolute atomic E-state index is 0.0631. The van der Waals surface area contributed by atoms with Crippen molar-refractivity contribution in [2.45, 2.75) is 31.2 Å². The first-order valence-electron chi connectivity index (χ1n) is 8.59. The number of benzene rings is 2. The minimum Gasteiger partial charge on any atom is -0.480 e. The third kappa shape index (κ3) is 6.74. The Kier molecular flexibility index (Phi) is 6.95. The molecule has 1 atom stereocenters. The van der Waals surface area contributed by atoms with Crippen LogP contribution in [0.5, 0.6) is 0 Å². The van der Waals surface area contributed by atoms with Gasteiger partial charge in [0, 0.05) is 6.42 Å². The number of hydrogen-bond donors (Lipinski definition) is 2. The molecule has 0 heterocycles. The predicted molar refractivity (Wildman–Crippen MR) is 94.6 cm³/mol. The van der Waals surface area contributed by atoms with Crippen molar-refractivity contribution in [1.82, 2.24) is 5.32 Å². The number of nitrogens with zero attached hydrogens (tertiary/aromatic N) is 1. The van der Waals surface area contributed by atoms with Crippen LogP contribution in [0.15, 0.2) is 42.5 Å². The number of nitrogens with one attached hydrogen (secondary N) is 1. The van der Waals surface area contributed by atoms with Gasteiger partial charge in [-0.05, 0) is 41.5 Å². The molecular weight excluding hydrogens is 430 g/mol. The zero-order valence-electron chi connectivity index (χ0n) is 15.5. The molecule has 0 saturated carbocycles. The quantitative estimate of drug-likeness (QED) is 0.661. The third-order valence-corrected chi connectivity index (χ3v) is 4.17. The first-order chi connectivity index (χ1) is 14.3. The molecule has 2 aromatic rings. The van der Waals surface area contributed by atoms with E-state index in [2.05, 4.69) is 5.32 Å². The van der Waals surface area contributed by atoms with E-state index in [1.807, 2.05) is 6.07 Å². The van der Waals surface area contributed by atoms with Crippen molar-refractivity contribution in [3.05, 3.63) is 70.3 Å². The summed E-state index contributed by atoms with van der Waals surface area (Å²) in [4.78, 5) is 23.6. The lowest BCUT2D eigenvalue weighted by molar-refractivity contribution is -0.143. The number of alkyl halides is 6. The maximum Gasteiger partial charge on any atom is 0.416 e. The van der Waals surface area contributed by atoms with Crippen LogP contribution in [0.4, 0.5) is 26.3 Å². The largest absolute Gasteiger partial charge is 0.480 e. The van der Waals surface area contributed by atoms with Gasteiger partial charge < -0.3 is 10.4 Å². The van der Waals surface area contributed by atoms with Gasteiger partial charge in [-0.1, -0.05) is 12.1 Å². The zero-order chi connectivity index (χ0) is 23.4. The van der Waals surface area contributed by atoms with Crippen LogP contribution in [-0.2, 0) is 34.8 Å². The minimum atomic E-state index is -5.06. The van der Waals surface area contributed by atoms with Crippen molar-refractivity contribution in [2.24, 2.45) is 0 Å². The van der Waals surface area contributed by atoms with Crippen molar-refractivity contribution in [3.63, 3.8) is 0 Å². The van der Waals surface area contributed by atoms with E-state index in [4.69, 9.17) is 5.26 Å². The molecule has 31 heavy (non-hydrogen) atoms. The summed E-state index contributed by atoms with van der Waals surface area (Å²) in [7, 11) is 0. The highest BCUT2D eigenvalue weighted by Gasteiger charge is 2.37. The molecule has 164 valence electrons. The third-order valence-electron chi connectivity index (χ3n) is 4.17. The number of rotatable bonds is 6. The summed E-state index contributed by atoms with van der Waals surface area (Å²) >= 11 is 0. The Morgan fingerprint density at radius 1 is 0.935 bits per heavy atom. The van der Waals surface area contributed by atoms with E-state index in [1.165, 1.54) is 24.3 Å². The number of carbonyl (C=O) groups is 2. The number of hydrogen-bond acceptors (Lipinski definition) is 3. The van der Waals surface area contributed by atoms with Crippen molar-refractivity contribution in [1.29, 1.82) is 5.26 Å². The molecule has 0 unspecified atom stereocenters. The standard InChI is InChI=1S/C20H14F6N2O3/c21-19(22,23)14-5-13(6-15(9-14)20(24,25)26)8-17(29)28-16(18(30)31)7-11-1-3-12(10-27)4-2-11/h1-6,9,16H,7-8H2,(H,28,29)(H,30,31)/t16-/m1/s1. The van der Waals surface area contributed by atoms with Crippen LogP contribution in [0.3, 0.4) is 0 Å². The van der Waals surface area contributed by atoms with Crippen molar-refractivity contribution in [2.75, 3.05) is 0 Å². The van der Waals surface area contributed by atoms with Gasteiger partial charge in [-0.3, -0.25) is 4.79 Å². The van der Waals surface area contributed by atoms with Crippen LogP contribution >= 0.6 is 0 Å². The van der Waals surface area contributed by atoms with Crippen LogP contribution in [-0.4, -0.2) is 23.0 Å². The fourth-order valence-electron chi connectivity index (χ4n) is 2.70. The summed E-state index contributed by atoms with van der Waals surface area (Å²) in [6.07, 6.45) is -11.2. The molecule has 0 aliphatic rings. The Bertz CT molecular complexity index is 975. The van der Waals surface area contributed by atoms with E-state index in [-0.39, 0.29) is 12.5 Å². The highest BCUT2D eigenvalue weighted by atomic mass is 19.4. The summed E-state index contributed by atoms with van der Waals surface area (Å²) in [6.45, 7) is 0. The van der Waals surface area contributed by atoms with Gasteiger partial charge in [-0.2, -0.15) is 31.6 Å². The van der Waals surface area contributed by atoms with Crippen LogP contribution in [0.25, 0.3) is 0 Å². The van der Waals surface area contributed by atoms with E-state index in [9.17, 15) is 41.0 Å². The molecule has 0 bridgehead atoms. The number of nitriles is 1. The average Bonchev–Trinajstić information content (AvgIpc) is 2.66. The molecule has 0 fully saturated rings. The van der Waals surface area contributed by atoms with Gasteiger partial charge in [0.05, 0.1) is 29.2 Å². The molecule has 0 aromatic heterocycles. The van der Waals surface area contributed by atoms with Gasteiger partial charge in [0.15, 0.2) is 0 Å². The molecule has 5 nitrogen and oxygen atoms in total. The number of carbonyl (C=O) groups excluding carboxylic acids is 1. The summed E-state index contributed by atoms with van der Waals surface area (Å²) in [6, 6.07) is 6.93. The van der Waals surface area contributed by atoms with Gasteiger partial charge >= 0.3 is 18.3 Å². The van der Waals surface area contributed by atoms with E-state index in [0.29, 0.717) is 23.3 Å². The number of halogens is 6. The fourth-order valence-corrected chi connectivity index (χ4v) is 2.70. The van der Waals surface area contributed by atoms with Gasteiger partial charge in [-0.25, -0.2) is 4.79 Å². The fraction of sp³-hybridized carbons (Fsp3) is 0.250. The summed E-state index contributed by atoms with van der Waals surface area (Å²) in [5, 5.41) is 20.1. The number of aliphatic carboxylic acids is 1. The van der Waals surface area contributed by atoms with Gasteiger partial charge in [0.2, 0.25) is 5.91 Å². The monoisotopic (exact) mass is 444 g/mol. The Labute approximate surface area is 171 Å². The molecule has 2 N–H and O–H groups in total. The zero-order valence-corrected chi connectivity index (χ0v) is 15.5. The van der Waals surface area contributed by atoms with Gasteiger partial charge in [0.1, 0.15) is 6.04 Å². The molecule has 1 amide bonds. The van der Waals surface area contributed by atoms with Crippen molar-refractivity contribution >= 4 is 11.9 Å². The van der Waals surface area contributed by atoms with Crippen molar-refractivity contribution in [3.8, 4) is 6.07 Å². The van der Waals surface area contributed by atoms with Crippen LogP contribution in [0.1, 0.15) is 27.8 Å². The van der Waals surface area contributed by atoms with E-state index >= 15 is 0 Å². The molecule has 0 saturated heterocycles. The van der Waals surface area contributed by atoms with Gasteiger partial charge in [0.25, 0.3) is 0 Å². The van der Waals surface area contributed by atoms with E-state index in [0.717, 1.165) is 0 Å². The average molecular weight is 444 g/mol. The Hall–Kier alpha value is -3.55. The summed E-state index contributed by atoms with van der Waals surface area (Å²) < 4.78 is 77.5. The van der Waals surface area contributed by atoms with E-state index < -0.39 is 53.4 Å². The number of carboxylic acid groups (broad SMARTS) is 1. The second kappa shape index (κ2) is 9.07. The lowest BCUT2D eigenvalue weighted by atomic mass is 10.0. The first kappa shape index (κ1) is 23.7. The predicted octanol–water partition coefficient (Wildman–Crippen LogP) is 3.95. The molecule has 0 radical (unpaired) electrons. The highest BCUT2D eigenvalue weighted by Crippen LogP contribution is 2.36. The molecule has 2 aromatic carbocycles. The van der Waals surface area contributed by atoms with Crippen LogP contribution < -0.4 is 5.32 Å². The first-order valence-corrected chi connectivity index (χ1v) is 8.59. The summed E-state index contributed by atoms with van der Waals surface area (Å²) in [5.74, 6) is -2.51. The SMILES string of the molecule is N#Cc1ccc(C[C@@H](NC(=O)Cc2cc(C(F)(F)F)cc(C(F)(F)F)c2)C(=O)O)cc1. The molecule has 0 aliphatic carbocycles. The molecule has 0 aliphatic heterocycles. The summed E-state index contributed by atoms with van der Waals surface area (Å²) in [5.41, 5.74) is -2.94. The lowest BCUT2D eigenvalue weighted by Crippen LogP contribution is -2.43. The molecule has 0 spiro atoms. The topological polar surface area (TPSA) is 90.2 Å². The van der Waals surface area contributed by atoms with Crippen LogP contribution in [0, 0.1) is 11.3 Å². The lowest BCUT2D eigenvalue weighted by Gasteiger charge is -2.16. The Morgan fingerprint density at radius 2 is 1.45 bits per heavy atom. The second-order valence-electron chi connectivity index (χ2n) is 6.56. The molecule has 11 heteroatoms. The smallest absolute Gasteiger partial charge is 0.416 e. The number of amides is 1. The maximum absolute atomic E-state index is 12.9.